The van der Waals surface area contributed by atoms with Gasteiger partial charge in [-0.05, 0) is 67.1 Å². The molecule has 2 N–H and O–H groups in total. The predicted octanol–water partition coefficient (Wildman–Crippen LogP) is 3.29. The molecule has 8 nitrogen and oxygen atoms in total. The van der Waals surface area contributed by atoms with Gasteiger partial charge in [0.25, 0.3) is 5.91 Å². The van der Waals surface area contributed by atoms with E-state index in [1.807, 2.05) is 19.1 Å². The van der Waals surface area contributed by atoms with E-state index >= 15 is 0 Å². The van der Waals surface area contributed by atoms with Crippen molar-refractivity contribution >= 4 is 54.2 Å². The summed E-state index contributed by atoms with van der Waals surface area (Å²) in [5, 5.41) is 5.12. The van der Waals surface area contributed by atoms with Gasteiger partial charge in [-0.3, -0.25) is 13.9 Å². The van der Waals surface area contributed by atoms with E-state index in [0.717, 1.165) is 33.4 Å². The third-order valence-corrected chi connectivity index (χ3v) is 7.43. The van der Waals surface area contributed by atoms with Crippen LogP contribution in [0.5, 0.6) is 0 Å². The first-order chi connectivity index (χ1) is 14.9. The van der Waals surface area contributed by atoms with Crippen molar-refractivity contribution < 1.29 is 18.0 Å². The number of amides is 1. The first-order valence-electron chi connectivity index (χ1n) is 10.0. The first-order valence-corrected chi connectivity index (χ1v) is 12.6. The number of rotatable bonds is 7. The SMILES string of the molecule is CC(=O)CN(c1cc2nn(-c3ccc(Br)cc3)c(C(N)=O)c2cc1C1(C)CC1)S(C)(=O)=O. The van der Waals surface area contributed by atoms with E-state index in [1.54, 1.807) is 24.3 Å². The molecule has 1 aliphatic carbocycles. The number of fused-ring (bicyclic) bond motifs is 1. The van der Waals surface area contributed by atoms with Crippen LogP contribution >= 0.6 is 15.9 Å². The predicted molar refractivity (Wildman–Crippen MR) is 127 cm³/mol. The van der Waals surface area contributed by atoms with E-state index in [1.165, 1.54) is 11.6 Å². The molecule has 1 fully saturated rings. The van der Waals surface area contributed by atoms with Crippen molar-refractivity contribution in [3.63, 3.8) is 0 Å². The van der Waals surface area contributed by atoms with Gasteiger partial charge in [-0.15, -0.1) is 0 Å². The number of hydrogen-bond donors (Lipinski definition) is 1. The summed E-state index contributed by atoms with van der Waals surface area (Å²) in [6.45, 7) is 3.11. The Morgan fingerprint density at radius 2 is 1.84 bits per heavy atom. The fourth-order valence-electron chi connectivity index (χ4n) is 3.86. The zero-order valence-corrected chi connectivity index (χ0v) is 20.3. The standard InChI is InChI=1S/C22H23BrN4O4S/c1-13(28)12-26(32(3,30)31)19-11-18-16(10-17(19)22(2)8-9-22)20(21(24)29)27(25-18)15-6-4-14(23)5-7-15/h4-7,10-11H,8-9,12H2,1-3H3,(H2,24,29). The van der Waals surface area contributed by atoms with Crippen LogP contribution in [0, 0.1) is 0 Å². The van der Waals surface area contributed by atoms with Crippen molar-refractivity contribution in [3.8, 4) is 5.69 Å². The Balaban J connectivity index is 2.03. The number of sulfonamides is 1. The number of hydrogen-bond acceptors (Lipinski definition) is 5. The quantitative estimate of drug-likeness (QED) is 0.515. The van der Waals surface area contributed by atoms with Crippen molar-refractivity contribution in [2.24, 2.45) is 5.73 Å². The highest BCUT2D eigenvalue weighted by Crippen LogP contribution is 2.52. The smallest absolute Gasteiger partial charge is 0.268 e. The van der Waals surface area contributed by atoms with Gasteiger partial charge in [-0.2, -0.15) is 5.10 Å². The Morgan fingerprint density at radius 1 is 1.22 bits per heavy atom. The van der Waals surface area contributed by atoms with Crippen LogP contribution in [0.25, 0.3) is 16.6 Å². The number of ketones is 1. The minimum Gasteiger partial charge on any atom is -0.364 e. The van der Waals surface area contributed by atoms with Gasteiger partial charge in [-0.25, -0.2) is 13.1 Å². The van der Waals surface area contributed by atoms with Gasteiger partial charge in [0.15, 0.2) is 0 Å². The minimum absolute atomic E-state index is 0.219. The molecule has 0 saturated heterocycles. The molecule has 2 aromatic carbocycles. The van der Waals surface area contributed by atoms with E-state index in [-0.39, 0.29) is 23.4 Å². The Labute approximate surface area is 194 Å². The third-order valence-electron chi connectivity index (χ3n) is 5.78. The summed E-state index contributed by atoms with van der Waals surface area (Å²) in [5.74, 6) is -0.917. The van der Waals surface area contributed by atoms with Crippen LogP contribution in [-0.4, -0.2) is 42.7 Å². The maximum Gasteiger partial charge on any atom is 0.268 e. The lowest BCUT2D eigenvalue weighted by molar-refractivity contribution is -0.115. The Bertz CT molecular complexity index is 1360. The molecule has 32 heavy (non-hydrogen) atoms. The van der Waals surface area contributed by atoms with Crippen LogP contribution in [0.15, 0.2) is 40.9 Å². The van der Waals surface area contributed by atoms with E-state index in [0.29, 0.717) is 22.3 Å². The number of aromatic nitrogens is 2. The van der Waals surface area contributed by atoms with Crippen LogP contribution in [-0.2, 0) is 20.2 Å². The molecule has 1 aromatic heterocycles. The number of benzene rings is 2. The minimum atomic E-state index is -3.73. The molecule has 0 radical (unpaired) electrons. The van der Waals surface area contributed by atoms with E-state index in [9.17, 15) is 18.0 Å². The topological polar surface area (TPSA) is 115 Å². The largest absolute Gasteiger partial charge is 0.364 e. The van der Waals surface area contributed by atoms with Crippen LogP contribution in [0.1, 0.15) is 42.7 Å². The number of Topliss-reactive ketones (excluding diaryl/α,β-unsaturated/α-hetero) is 1. The maximum atomic E-state index is 12.6. The van der Waals surface area contributed by atoms with Gasteiger partial charge in [0.1, 0.15) is 11.5 Å². The molecule has 0 atom stereocenters. The summed E-state index contributed by atoms with van der Waals surface area (Å²) < 4.78 is 28.7. The zero-order chi connectivity index (χ0) is 23.4. The molecule has 0 spiro atoms. The van der Waals surface area contributed by atoms with Crippen molar-refractivity contribution in [2.75, 3.05) is 17.1 Å². The number of anilines is 1. The number of halogens is 1. The average Bonchev–Trinajstić information content (AvgIpc) is 3.32. The molecule has 1 saturated carbocycles. The van der Waals surface area contributed by atoms with E-state index in [4.69, 9.17) is 5.73 Å². The summed E-state index contributed by atoms with van der Waals surface area (Å²) in [5.41, 5.74) is 7.93. The molecule has 1 aliphatic rings. The number of primary amides is 1. The normalized spacial score (nSPS) is 15.0. The van der Waals surface area contributed by atoms with Crippen LogP contribution in [0.4, 0.5) is 5.69 Å². The second kappa shape index (κ2) is 7.70. The lowest BCUT2D eigenvalue weighted by Crippen LogP contribution is -2.35. The van der Waals surface area contributed by atoms with Crippen LogP contribution in [0.3, 0.4) is 0 Å². The molecule has 1 amide bonds. The summed E-state index contributed by atoms with van der Waals surface area (Å²) >= 11 is 3.39. The number of nitrogens with two attached hydrogens (primary N) is 1. The van der Waals surface area contributed by atoms with Crippen LogP contribution in [0.2, 0.25) is 0 Å². The Hall–Kier alpha value is -2.72. The van der Waals surface area contributed by atoms with Gasteiger partial charge in [0.2, 0.25) is 10.0 Å². The molecule has 0 bridgehead atoms. The van der Waals surface area contributed by atoms with E-state index in [2.05, 4.69) is 21.0 Å². The Morgan fingerprint density at radius 3 is 2.34 bits per heavy atom. The second-order valence-corrected chi connectivity index (χ2v) is 11.3. The molecule has 3 aromatic rings. The monoisotopic (exact) mass is 518 g/mol. The second-order valence-electron chi connectivity index (χ2n) is 8.52. The van der Waals surface area contributed by atoms with E-state index < -0.39 is 15.9 Å². The maximum absolute atomic E-state index is 12.6. The lowest BCUT2D eigenvalue weighted by atomic mass is 9.94. The van der Waals surface area contributed by atoms with Gasteiger partial charge in [0, 0.05) is 9.86 Å². The van der Waals surface area contributed by atoms with Gasteiger partial charge < -0.3 is 5.73 Å². The molecule has 1 heterocycles. The third kappa shape index (κ3) is 4.04. The first kappa shape index (κ1) is 22.5. The van der Waals surface area contributed by atoms with Gasteiger partial charge in [-0.1, -0.05) is 22.9 Å². The number of carbonyl (C=O) groups is 2. The summed E-state index contributed by atoms with van der Waals surface area (Å²) in [6, 6.07) is 10.7. The molecular weight excluding hydrogens is 496 g/mol. The summed E-state index contributed by atoms with van der Waals surface area (Å²) in [4.78, 5) is 24.3. The highest BCUT2D eigenvalue weighted by atomic mass is 79.9. The van der Waals surface area contributed by atoms with Gasteiger partial charge >= 0.3 is 0 Å². The zero-order valence-electron chi connectivity index (χ0n) is 17.9. The molecule has 168 valence electrons. The van der Waals surface area contributed by atoms with Gasteiger partial charge in [0.05, 0.1) is 29.7 Å². The number of carbonyl (C=O) groups excluding carboxylic acids is 2. The molecule has 0 aliphatic heterocycles. The fourth-order valence-corrected chi connectivity index (χ4v) is 5.05. The number of nitrogens with zero attached hydrogens (tertiary/aromatic N) is 3. The average molecular weight is 519 g/mol. The Kier molecular flexibility index (Phi) is 5.41. The lowest BCUT2D eigenvalue weighted by Gasteiger charge is -2.26. The molecular formula is C22H23BrN4O4S. The molecule has 4 rings (SSSR count). The fraction of sp³-hybridized carbons (Fsp3) is 0.318. The molecule has 0 unspecified atom stereocenters. The highest BCUT2D eigenvalue weighted by molar-refractivity contribution is 9.10. The van der Waals surface area contributed by atoms with Crippen molar-refractivity contribution in [1.82, 2.24) is 9.78 Å². The van der Waals surface area contributed by atoms with Crippen molar-refractivity contribution in [1.29, 1.82) is 0 Å². The van der Waals surface area contributed by atoms with Crippen molar-refractivity contribution in [3.05, 3.63) is 52.1 Å². The highest BCUT2D eigenvalue weighted by Gasteiger charge is 2.43. The summed E-state index contributed by atoms with van der Waals surface area (Å²) in [6.07, 6.45) is 2.82. The summed E-state index contributed by atoms with van der Waals surface area (Å²) in [7, 11) is -3.73. The van der Waals surface area contributed by atoms with Crippen LogP contribution < -0.4 is 10.0 Å². The molecule has 10 heteroatoms. The van der Waals surface area contributed by atoms with Crippen molar-refractivity contribution in [2.45, 2.75) is 32.1 Å².